The van der Waals surface area contributed by atoms with Gasteiger partial charge in [-0.05, 0) is 17.7 Å². The normalized spacial score (nSPS) is 12.7. The minimum atomic E-state index is -3.49. The van der Waals surface area contributed by atoms with Crippen LogP contribution in [0.15, 0.2) is 28.7 Å². The Labute approximate surface area is 125 Å². The first-order chi connectivity index (χ1) is 9.25. The lowest BCUT2D eigenvalue weighted by molar-refractivity contribution is -0.141. The molecule has 1 atom stereocenters. The standard InChI is InChI=1S/C12H14BrNO5S/c1-2-20(18,19)7-10(15)14-11(12(16)17)8-3-5-9(13)6-4-8/h3-6,11H,2,7H2,1H3,(H,14,15)(H,16,17). The highest BCUT2D eigenvalue weighted by Crippen LogP contribution is 2.17. The number of carbonyl (C=O) groups excluding carboxylic acids is 1. The number of rotatable bonds is 6. The van der Waals surface area contributed by atoms with E-state index in [0.717, 1.165) is 4.47 Å². The molecule has 1 unspecified atom stereocenters. The van der Waals surface area contributed by atoms with Crippen molar-refractivity contribution in [2.75, 3.05) is 11.5 Å². The van der Waals surface area contributed by atoms with Gasteiger partial charge >= 0.3 is 5.97 Å². The van der Waals surface area contributed by atoms with Crippen molar-refractivity contribution in [1.82, 2.24) is 5.32 Å². The summed E-state index contributed by atoms with van der Waals surface area (Å²) in [4.78, 5) is 22.8. The van der Waals surface area contributed by atoms with E-state index in [1.165, 1.54) is 19.1 Å². The van der Waals surface area contributed by atoms with E-state index in [1.54, 1.807) is 12.1 Å². The number of carboxylic acid groups (broad SMARTS) is 1. The van der Waals surface area contributed by atoms with E-state index in [4.69, 9.17) is 5.11 Å². The zero-order valence-corrected chi connectivity index (χ0v) is 13.1. The van der Waals surface area contributed by atoms with Crippen molar-refractivity contribution in [3.05, 3.63) is 34.3 Å². The first-order valence-electron chi connectivity index (χ1n) is 5.73. The van der Waals surface area contributed by atoms with Crippen molar-refractivity contribution in [1.29, 1.82) is 0 Å². The van der Waals surface area contributed by atoms with Crippen LogP contribution in [0.2, 0.25) is 0 Å². The quantitative estimate of drug-likeness (QED) is 0.788. The van der Waals surface area contributed by atoms with E-state index >= 15 is 0 Å². The minimum absolute atomic E-state index is 0.170. The van der Waals surface area contributed by atoms with E-state index in [0.29, 0.717) is 5.56 Å². The number of carboxylic acids is 1. The van der Waals surface area contributed by atoms with E-state index < -0.39 is 33.5 Å². The van der Waals surface area contributed by atoms with Crippen LogP contribution in [0, 0.1) is 0 Å². The molecule has 0 bridgehead atoms. The van der Waals surface area contributed by atoms with Crippen molar-refractivity contribution in [2.45, 2.75) is 13.0 Å². The van der Waals surface area contributed by atoms with Gasteiger partial charge in [0.25, 0.3) is 0 Å². The van der Waals surface area contributed by atoms with Crippen LogP contribution >= 0.6 is 15.9 Å². The summed E-state index contributed by atoms with van der Waals surface area (Å²) in [5, 5.41) is 11.3. The second-order valence-electron chi connectivity index (χ2n) is 4.07. The van der Waals surface area contributed by atoms with Crippen molar-refractivity contribution < 1.29 is 23.1 Å². The number of hydrogen-bond donors (Lipinski definition) is 2. The Morgan fingerprint density at radius 2 is 1.85 bits per heavy atom. The molecule has 0 aliphatic heterocycles. The summed E-state index contributed by atoms with van der Waals surface area (Å²) in [5.74, 6) is -2.97. The molecule has 0 aliphatic carbocycles. The fourth-order valence-corrected chi connectivity index (χ4v) is 2.40. The van der Waals surface area contributed by atoms with Crippen molar-refractivity contribution in [3.8, 4) is 0 Å². The number of halogens is 1. The van der Waals surface area contributed by atoms with Gasteiger partial charge in [-0.1, -0.05) is 35.0 Å². The molecule has 2 N–H and O–H groups in total. The van der Waals surface area contributed by atoms with Crippen LogP contribution in [0.1, 0.15) is 18.5 Å². The average molecular weight is 364 g/mol. The molecule has 0 heterocycles. The van der Waals surface area contributed by atoms with Gasteiger partial charge in [0.1, 0.15) is 5.75 Å². The summed E-state index contributed by atoms with van der Waals surface area (Å²) >= 11 is 3.22. The van der Waals surface area contributed by atoms with E-state index in [2.05, 4.69) is 21.2 Å². The highest BCUT2D eigenvalue weighted by Gasteiger charge is 2.24. The topological polar surface area (TPSA) is 101 Å². The van der Waals surface area contributed by atoms with Gasteiger partial charge in [0.05, 0.1) is 0 Å². The smallest absolute Gasteiger partial charge is 0.330 e. The summed E-state index contributed by atoms with van der Waals surface area (Å²) in [5.41, 5.74) is 0.364. The van der Waals surface area contributed by atoms with E-state index in [1.807, 2.05) is 0 Å². The number of aliphatic carboxylic acids is 1. The zero-order chi connectivity index (χ0) is 15.3. The Hall–Kier alpha value is -1.41. The highest BCUT2D eigenvalue weighted by atomic mass is 79.9. The highest BCUT2D eigenvalue weighted by molar-refractivity contribution is 9.10. The van der Waals surface area contributed by atoms with Crippen LogP contribution in [0.25, 0.3) is 0 Å². The second-order valence-corrected chi connectivity index (χ2v) is 7.34. The summed E-state index contributed by atoms with van der Waals surface area (Å²) < 4.78 is 23.4. The molecule has 0 aromatic heterocycles. The number of amides is 1. The molecule has 0 spiro atoms. The summed E-state index contributed by atoms with van der Waals surface area (Å²) in [6.45, 7) is 1.42. The van der Waals surface area contributed by atoms with Crippen molar-refractivity contribution in [3.63, 3.8) is 0 Å². The third kappa shape index (κ3) is 4.93. The Morgan fingerprint density at radius 3 is 2.30 bits per heavy atom. The Balaban J connectivity index is 2.86. The molecular weight excluding hydrogens is 350 g/mol. The molecule has 6 nitrogen and oxygen atoms in total. The molecule has 20 heavy (non-hydrogen) atoms. The van der Waals surface area contributed by atoms with Gasteiger partial charge in [-0.3, -0.25) is 4.79 Å². The summed E-state index contributed by atoms with van der Waals surface area (Å²) in [7, 11) is -3.49. The molecule has 8 heteroatoms. The molecule has 1 rings (SSSR count). The summed E-state index contributed by atoms with van der Waals surface area (Å²) in [6.07, 6.45) is 0. The van der Waals surface area contributed by atoms with E-state index in [-0.39, 0.29) is 5.75 Å². The van der Waals surface area contributed by atoms with Gasteiger partial charge in [0.15, 0.2) is 15.9 Å². The number of benzene rings is 1. The second kappa shape index (κ2) is 6.85. The lowest BCUT2D eigenvalue weighted by Gasteiger charge is -2.15. The van der Waals surface area contributed by atoms with Gasteiger partial charge in [0, 0.05) is 10.2 Å². The lowest BCUT2D eigenvalue weighted by atomic mass is 10.1. The largest absolute Gasteiger partial charge is 0.479 e. The van der Waals surface area contributed by atoms with Crippen molar-refractivity contribution >= 4 is 37.6 Å². The maximum Gasteiger partial charge on any atom is 0.330 e. The molecule has 0 fully saturated rings. The molecule has 0 saturated carbocycles. The fourth-order valence-electron chi connectivity index (χ4n) is 1.45. The minimum Gasteiger partial charge on any atom is -0.479 e. The number of sulfone groups is 1. The maximum absolute atomic E-state index is 11.6. The van der Waals surface area contributed by atoms with Gasteiger partial charge in [-0.2, -0.15) is 0 Å². The molecular formula is C12H14BrNO5S. The van der Waals surface area contributed by atoms with Gasteiger partial charge in [0.2, 0.25) is 5.91 Å². The monoisotopic (exact) mass is 363 g/mol. The van der Waals surface area contributed by atoms with Crippen LogP contribution in [0.4, 0.5) is 0 Å². The Morgan fingerprint density at radius 1 is 1.30 bits per heavy atom. The number of nitrogens with one attached hydrogen (secondary N) is 1. The molecule has 110 valence electrons. The number of carbonyl (C=O) groups is 2. The molecule has 1 aromatic carbocycles. The third-order valence-electron chi connectivity index (χ3n) is 2.55. The van der Waals surface area contributed by atoms with Crippen LogP contribution < -0.4 is 5.32 Å². The lowest BCUT2D eigenvalue weighted by Crippen LogP contribution is -2.37. The van der Waals surface area contributed by atoms with Crippen molar-refractivity contribution in [2.24, 2.45) is 0 Å². The zero-order valence-electron chi connectivity index (χ0n) is 10.7. The van der Waals surface area contributed by atoms with Gasteiger partial charge in [-0.15, -0.1) is 0 Å². The predicted octanol–water partition coefficient (Wildman–Crippen LogP) is 1.13. The van der Waals surface area contributed by atoms with Gasteiger partial charge in [-0.25, -0.2) is 13.2 Å². The molecule has 1 amide bonds. The Bertz CT molecular complexity index is 597. The van der Waals surface area contributed by atoms with Crippen LogP contribution in [-0.4, -0.2) is 36.9 Å². The maximum atomic E-state index is 11.6. The van der Waals surface area contributed by atoms with E-state index in [9.17, 15) is 18.0 Å². The first-order valence-corrected chi connectivity index (χ1v) is 8.34. The number of hydrogen-bond acceptors (Lipinski definition) is 4. The average Bonchev–Trinajstić information content (AvgIpc) is 2.36. The summed E-state index contributed by atoms with van der Waals surface area (Å²) in [6, 6.07) is 5.08. The van der Waals surface area contributed by atoms with Crippen LogP contribution in [0.3, 0.4) is 0 Å². The van der Waals surface area contributed by atoms with Crippen LogP contribution in [-0.2, 0) is 19.4 Å². The third-order valence-corrected chi connectivity index (χ3v) is 4.66. The molecule has 0 saturated heterocycles. The first kappa shape index (κ1) is 16.6. The van der Waals surface area contributed by atoms with Crippen LogP contribution in [0.5, 0.6) is 0 Å². The molecule has 1 aromatic rings. The Kier molecular flexibility index (Phi) is 5.70. The molecule has 0 radical (unpaired) electrons. The fraction of sp³-hybridized carbons (Fsp3) is 0.333. The SMILES string of the molecule is CCS(=O)(=O)CC(=O)NC(C(=O)O)c1ccc(Br)cc1. The predicted molar refractivity (Wildman–Crippen MR) is 77.0 cm³/mol. The molecule has 0 aliphatic rings. The van der Waals surface area contributed by atoms with Gasteiger partial charge < -0.3 is 10.4 Å².